The molecule has 31 heavy (non-hydrogen) atoms. The number of aliphatic imine (C=N–C) groups is 1. The van der Waals surface area contributed by atoms with Crippen molar-refractivity contribution in [3.63, 3.8) is 0 Å². The number of piperidine rings is 1. The SMILES string of the molecule is CN=C(NCCN1CCN(C(=O)C2CCCC2)CC1)N1CCC(C)C(n2ccnc2)C1. The quantitative estimate of drug-likeness (QED) is 0.570. The minimum atomic E-state index is 0.301. The predicted molar refractivity (Wildman–Crippen MR) is 123 cm³/mol. The molecule has 172 valence electrons. The number of rotatable bonds is 5. The van der Waals surface area contributed by atoms with Crippen LogP contribution >= 0.6 is 0 Å². The van der Waals surface area contributed by atoms with Crippen molar-refractivity contribution >= 4 is 11.9 Å². The Morgan fingerprint density at radius 3 is 2.55 bits per heavy atom. The van der Waals surface area contributed by atoms with Gasteiger partial charge in [0.1, 0.15) is 0 Å². The average molecular weight is 430 g/mol. The number of nitrogens with one attached hydrogen (secondary N) is 1. The van der Waals surface area contributed by atoms with Crippen molar-refractivity contribution < 1.29 is 4.79 Å². The number of aromatic nitrogens is 2. The highest BCUT2D eigenvalue weighted by atomic mass is 16.2. The number of carbonyl (C=O) groups excluding carboxylic acids is 1. The highest BCUT2D eigenvalue weighted by molar-refractivity contribution is 5.80. The van der Waals surface area contributed by atoms with Crippen LogP contribution in [0.15, 0.2) is 23.7 Å². The second-order valence-corrected chi connectivity index (χ2v) is 9.41. The molecule has 1 aromatic rings. The molecule has 3 heterocycles. The van der Waals surface area contributed by atoms with E-state index in [0.717, 1.165) is 77.6 Å². The third-order valence-electron chi connectivity index (χ3n) is 7.44. The standard InChI is InChI=1S/C23H39N7O/c1-19-7-10-29(17-21(19)30-12-8-25-18-30)23(24-2)26-9-11-27-13-15-28(16-14-27)22(31)20-5-3-4-6-20/h8,12,18-21H,3-7,9-11,13-17H2,1-2H3,(H,24,26). The first kappa shape index (κ1) is 22.1. The van der Waals surface area contributed by atoms with E-state index in [1.54, 1.807) is 0 Å². The molecule has 0 bridgehead atoms. The summed E-state index contributed by atoms with van der Waals surface area (Å²) >= 11 is 0. The smallest absolute Gasteiger partial charge is 0.225 e. The van der Waals surface area contributed by atoms with E-state index in [1.165, 1.54) is 12.8 Å². The minimum absolute atomic E-state index is 0.301. The number of carbonyl (C=O) groups is 1. The summed E-state index contributed by atoms with van der Waals surface area (Å²) in [6.07, 6.45) is 11.7. The van der Waals surface area contributed by atoms with Crippen LogP contribution < -0.4 is 5.32 Å². The fraction of sp³-hybridized carbons (Fsp3) is 0.783. The molecular formula is C23H39N7O. The van der Waals surface area contributed by atoms with Crippen LogP contribution in [0.5, 0.6) is 0 Å². The van der Waals surface area contributed by atoms with Gasteiger partial charge in [-0.2, -0.15) is 0 Å². The van der Waals surface area contributed by atoms with Crippen LogP contribution in [-0.4, -0.2) is 95.5 Å². The van der Waals surface area contributed by atoms with E-state index in [4.69, 9.17) is 0 Å². The molecule has 1 aromatic heterocycles. The first-order chi connectivity index (χ1) is 15.2. The number of guanidine groups is 1. The number of hydrogen-bond donors (Lipinski definition) is 1. The van der Waals surface area contributed by atoms with Gasteiger partial charge in [-0.1, -0.05) is 19.8 Å². The van der Waals surface area contributed by atoms with Crippen molar-refractivity contribution in [2.75, 3.05) is 59.4 Å². The van der Waals surface area contributed by atoms with Crippen molar-refractivity contribution in [3.8, 4) is 0 Å². The molecule has 4 rings (SSSR count). The lowest BCUT2D eigenvalue weighted by Crippen LogP contribution is -2.53. The molecule has 2 aliphatic heterocycles. The summed E-state index contributed by atoms with van der Waals surface area (Å²) in [5.74, 6) is 2.33. The van der Waals surface area contributed by atoms with Gasteiger partial charge < -0.3 is 19.7 Å². The molecule has 0 spiro atoms. The van der Waals surface area contributed by atoms with Gasteiger partial charge >= 0.3 is 0 Å². The van der Waals surface area contributed by atoms with Gasteiger partial charge in [0.15, 0.2) is 5.96 Å². The summed E-state index contributed by atoms with van der Waals surface area (Å²) in [4.78, 5) is 28.3. The maximum absolute atomic E-state index is 12.6. The maximum Gasteiger partial charge on any atom is 0.225 e. The molecule has 1 N–H and O–H groups in total. The summed E-state index contributed by atoms with van der Waals surface area (Å²) in [7, 11) is 1.87. The van der Waals surface area contributed by atoms with Crippen LogP contribution in [0, 0.1) is 11.8 Å². The van der Waals surface area contributed by atoms with Crippen molar-refractivity contribution in [2.45, 2.75) is 45.1 Å². The molecule has 8 nitrogen and oxygen atoms in total. The van der Waals surface area contributed by atoms with Crippen molar-refractivity contribution in [2.24, 2.45) is 16.8 Å². The number of amides is 1. The largest absolute Gasteiger partial charge is 0.355 e. The number of piperazine rings is 1. The Hall–Kier alpha value is -2.09. The summed E-state index contributed by atoms with van der Waals surface area (Å²) in [6.45, 7) is 9.89. The summed E-state index contributed by atoms with van der Waals surface area (Å²) < 4.78 is 2.23. The number of hydrogen-bond acceptors (Lipinski definition) is 4. The Labute approximate surface area is 186 Å². The molecule has 2 unspecified atom stereocenters. The third-order valence-corrected chi connectivity index (χ3v) is 7.44. The average Bonchev–Trinajstić information content (AvgIpc) is 3.52. The van der Waals surface area contributed by atoms with Gasteiger partial charge in [0, 0.05) is 77.7 Å². The predicted octanol–water partition coefficient (Wildman–Crippen LogP) is 1.68. The molecule has 3 aliphatic rings. The first-order valence-corrected chi connectivity index (χ1v) is 12.1. The summed E-state index contributed by atoms with van der Waals surface area (Å²) in [5.41, 5.74) is 0. The van der Waals surface area contributed by atoms with E-state index in [1.807, 2.05) is 19.6 Å². The second-order valence-electron chi connectivity index (χ2n) is 9.41. The van der Waals surface area contributed by atoms with E-state index >= 15 is 0 Å². The van der Waals surface area contributed by atoms with Crippen molar-refractivity contribution in [3.05, 3.63) is 18.7 Å². The minimum Gasteiger partial charge on any atom is -0.355 e. The lowest BCUT2D eigenvalue weighted by atomic mass is 9.93. The van der Waals surface area contributed by atoms with E-state index in [9.17, 15) is 4.79 Å². The van der Waals surface area contributed by atoms with Crippen molar-refractivity contribution in [1.29, 1.82) is 0 Å². The lowest BCUT2D eigenvalue weighted by Gasteiger charge is -2.39. The normalized spacial score (nSPS) is 26.5. The molecule has 3 fully saturated rings. The third kappa shape index (κ3) is 5.40. The van der Waals surface area contributed by atoms with Gasteiger partial charge in [0.05, 0.1) is 12.4 Å². The number of nitrogens with zero attached hydrogens (tertiary/aromatic N) is 6. The number of likely N-dealkylation sites (tertiary alicyclic amines) is 1. The lowest BCUT2D eigenvalue weighted by molar-refractivity contribution is -0.137. The monoisotopic (exact) mass is 429 g/mol. The number of imidazole rings is 1. The van der Waals surface area contributed by atoms with E-state index in [2.05, 4.69) is 47.7 Å². The molecular weight excluding hydrogens is 390 g/mol. The Kier molecular flexibility index (Phi) is 7.48. The van der Waals surface area contributed by atoms with Gasteiger partial charge in [0.25, 0.3) is 0 Å². The van der Waals surface area contributed by atoms with Gasteiger partial charge in [0.2, 0.25) is 5.91 Å². The van der Waals surface area contributed by atoms with Gasteiger partial charge in [-0.3, -0.25) is 14.7 Å². The fourth-order valence-corrected chi connectivity index (χ4v) is 5.38. The second kappa shape index (κ2) is 10.5. The topological polar surface area (TPSA) is 69.0 Å². The van der Waals surface area contributed by atoms with E-state index < -0.39 is 0 Å². The zero-order valence-corrected chi connectivity index (χ0v) is 19.2. The molecule has 0 aromatic carbocycles. The molecule has 0 radical (unpaired) electrons. The van der Waals surface area contributed by atoms with Crippen LogP contribution in [-0.2, 0) is 4.79 Å². The summed E-state index contributed by atoms with van der Waals surface area (Å²) in [5, 5.41) is 3.57. The summed E-state index contributed by atoms with van der Waals surface area (Å²) in [6, 6.07) is 0.431. The first-order valence-electron chi connectivity index (χ1n) is 12.1. The van der Waals surface area contributed by atoms with Crippen LogP contribution in [0.25, 0.3) is 0 Å². The highest BCUT2D eigenvalue weighted by Gasteiger charge is 2.30. The maximum atomic E-state index is 12.6. The Morgan fingerprint density at radius 2 is 1.87 bits per heavy atom. The zero-order chi connectivity index (χ0) is 21.6. The zero-order valence-electron chi connectivity index (χ0n) is 19.2. The Balaban J connectivity index is 1.20. The van der Waals surface area contributed by atoms with E-state index in [-0.39, 0.29) is 0 Å². The van der Waals surface area contributed by atoms with Crippen LogP contribution in [0.3, 0.4) is 0 Å². The van der Waals surface area contributed by atoms with Gasteiger partial charge in [-0.05, 0) is 25.2 Å². The molecule has 1 amide bonds. The fourth-order valence-electron chi connectivity index (χ4n) is 5.38. The Morgan fingerprint density at radius 1 is 1.10 bits per heavy atom. The molecule has 8 heteroatoms. The van der Waals surface area contributed by atoms with Gasteiger partial charge in [-0.15, -0.1) is 0 Å². The molecule has 1 aliphatic carbocycles. The molecule has 2 saturated heterocycles. The molecule has 1 saturated carbocycles. The molecule has 2 atom stereocenters. The van der Waals surface area contributed by atoms with Crippen LogP contribution in [0.1, 0.15) is 45.1 Å². The highest BCUT2D eigenvalue weighted by Crippen LogP contribution is 2.28. The Bertz CT molecular complexity index is 720. The van der Waals surface area contributed by atoms with Crippen LogP contribution in [0.2, 0.25) is 0 Å². The van der Waals surface area contributed by atoms with Gasteiger partial charge in [-0.25, -0.2) is 4.98 Å². The van der Waals surface area contributed by atoms with E-state index in [0.29, 0.717) is 23.8 Å². The van der Waals surface area contributed by atoms with Crippen molar-refractivity contribution in [1.82, 2.24) is 29.6 Å². The van der Waals surface area contributed by atoms with Crippen LogP contribution in [0.4, 0.5) is 0 Å².